The molecule has 2 N–H and O–H groups in total. The summed E-state index contributed by atoms with van der Waals surface area (Å²) in [5.41, 5.74) is 4.13. The lowest BCUT2D eigenvalue weighted by Gasteiger charge is -2.21. The molecule has 122 valence electrons. The molecule has 0 aliphatic rings. The number of halogens is 1. The second-order valence-electron chi connectivity index (χ2n) is 6.21. The first-order valence-corrected chi connectivity index (χ1v) is 8.25. The minimum Gasteiger partial charge on any atom is -0.332 e. The number of hydrogen-bond acceptors (Lipinski definition) is 1. The zero-order valence-corrected chi connectivity index (χ0v) is 14.8. The molecule has 0 saturated heterocycles. The van der Waals surface area contributed by atoms with Crippen LogP contribution in [0.1, 0.15) is 50.7 Å². The van der Waals surface area contributed by atoms with E-state index >= 15 is 0 Å². The number of benzene rings is 2. The Bertz CT molecular complexity index is 669. The highest BCUT2D eigenvalue weighted by Crippen LogP contribution is 2.32. The van der Waals surface area contributed by atoms with Crippen LogP contribution in [0.4, 0.5) is 15.8 Å². The van der Waals surface area contributed by atoms with Gasteiger partial charge in [0.15, 0.2) is 5.11 Å². The third kappa shape index (κ3) is 4.52. The van der Waals surface area contributed by atoms with Gasteiger partial charge in [0.2, 0.25) is 0 Å². The summed E-state index contributed by atoms with van der Waals surface area (Å²) in [7, 11) is 0. The van der Waals surface area contributed by atoms with Crippen LogP contribution in [0, 0.1) is 5.82 Å². The maximum atomic E-state index is 13.3. The van der Waals surface area contributed by atoms with Crippen molar-refractivity contribution < 1.29 is 4.39 Å². The van der Waals surface area contributed by atoms with E-state index in [4.69, 9.17) is 12.2 Å². The van der Waals surface area contributed by atoms with E-state index in [1.54, 1.807) is 12.1 Å². The van der Waals surface area contributed by atoms with Gasteiger partial charge in [-0.05, 0) is 53.4 Å². The molecule has 4 heteroatoms. The van der Waals surface area contributed by atoms with Gasteiger partial charge in [0.05, 0.1) is 0 Å². The Balaban J connectivity index is 2.26. The summed E-state index contributed by atoms with van der Waals surface area (Å²) < 4.78 is 13.3. The highest BCUT2D eigenvalue weighted by molar-refractivity contribution is 7.80. The minimum atomic E-state index is -0.289. The monoisotopic (exact) mass is 330 g/mol. The van der Waals surface area contributed by atoms with Crippen LogP contribution < -0.4 is 10.6 Å². The van der Waals surface area contributed by atoms with Crippen molar-refractivity contribution in [3.05, 3.63) is 59.4 Å². The third-order valence-corrected chi connectivity index (χ3v) is 3.90. The second kappa shape index (κ2) is 7.55. The van der Waals surface area contributed by atoms with Crippen LogP contribution in [0.15, 0.2) is 42.5 Å². The molecule has 2 nitrogen and oxygen atoms in total. The van der Waals surface area contributed by atoms with Crippen LogP contribution >= 0.6 is 12.2 Å². The van der Waals surface area contributed by atoms with Gasteiger partial charge < -0.3 is 10.6 Å². The SMILES string of the molecule is CC(C)c1cccc(C(C)C)c1NC(=S)Nc1cccc(F)c1. The Labute approximate surface area is 143 Å². The van der Waals surface area contributed by atoms with Gasteiger partial charge in [-0.2, -0.15) is 0 Å². The summed E-state index contributed by atoms with van der Waals surface area (Å²) in [6.45, 7) is 8.64. The zero-order valence-electron chi connectivity index (χ0n) is 14.0. The molecule has 0 radical (unpaired) electrons. The standard InChI is InChI=1S/C19H23FN2S/c1-12(2)16-9-6-10-17(13(3)4)18(16)22-19(23)21-15-8-5-7-14(20)11-15/h5-13H,1-4H3,(H2,21,22,23). The summed E-state index contributed by atoms with van der Waals surface area (Å²) in [5, 5.41) is 6.81. The fourth-order valence-electron chi connectivity index (χ4n) is 2.54. The first-order valence-electron chi connectivity index (χ1n) is 7.85. The van der Waals surface area contributed by atoms with Crippen molar-refractivity contribution in [1.82, 2.24) is 0 Å². The van der Waals surface area contributed by atoms with Crippen molar-refractivity contribution >= 4 is 28.7 Å². The number of hydrogen-bond donors (Lipinski definition) is 2. The molecule has 0 unspecified atom stereocenters. The molecule has 2 aromatic rings. The molecule has 0 aromatic heterocycles. The molecule has 0 aliphatic heterocycles. The quantitative estimate of drug-likeness (QED) is 0.684. The molecule has 0 spiro atoms. The molecule has 0 aliphatic carbocycles. The van der Waals surface area contributed by atoms with E-state index < -0.39 is 0 Å². The van der Waals surface area contributed by atoms with Crippen molar-refractivity contribution in [1.29, 1.82) is 0 Å². The third-order valence-electron chi connectivity index (χ3n) is 3.69. The fraction of sp³-hybridized carbons (Fsp3) is 0.316. The van der Waals surface area contributed by atoms with E-state index in [0.717, 1.165) is 5.69 Å². The lowest BCUT2D eigenvalue weighted by molar-refractivity contribution is 0.628. The number of para-hydroxylation sites is 1. The normalized spacial score (nSPS) is 10.9. The molecule has 23 heavy (non-hydrogen) atoms. The lowest BCUT2D eigenvalue weighted by Crippen LogP contribution is -2.21. The van der Waals surface area contributed by atoms with Crippen LogP contribution in [0.2, 0.25) is 0 Å². The Kier molecular flexibility index (Phi) is 5.72. The maximum Gasteiger partial charge on any atom is 0.175 e. The van der Waals surface area contributed by atoms with Gasteiger partial charge in [-0.15, -0.1) is 0 Å². The molecule has 0 saturated carbocycles. The van der Waals surface area contributed by atoms with Gasteiger partial charge in [-0.3, -0.25) is 0 Å². The van der Waals surface area contributed by atoms with E-state index in [2.05, 4.69) is 56.5 Å². The molecule has 0 fully saturated rings. The second-order valence-corrected chi connectivity index (χ2v) is 6.62. The van der Waals surface area contributed by atoms with E-state index in [9.17, 15) is 4.39 Å². The van der Waals surface area contributed by atoms with E-state index in [-0.39, 0.29) is 5.82 Å². The molecular formula is C19H23FN2S. The van der Waals surface area contributed by atoms with Gasteiger partial charge in [-0.25, -0.2) is 4.39 Å². The fourth-order valence-corrected chi connectivity index (χ4v) is 2.76. The predicted molar refractivity (Wildman–Crippen MR) is 101 cm³/mol. The number of rotatable bonds is 4. The van der Waals surface area contributed by atoms with Gasteiger partial charge in [0.1, 0.15) is 5.82 Å². The lowest BCUT2D eigenvalue weighted by atomic mass is 9.93. The van der Waals surface area contributed by atoms with Crippen LogP contribution in [0.25, 0.3) is 0 Å². The Hall–Kier alpha value is -1.94. The average Bonchev–Trinajstić information content (AvgIpc) is 2.46. The zero-order chi connectivity index (χ0) is 17.0. The average molecular weight is 330 g/mol. The summed E-state index contributed by atoms with van der Waals surface area (Å²) in [6.07, 6.45) is 0. The summed E-state index contributed by atoms with van der Waals surface area (Å²) >= 11 is 5.41. The maximum absolute atomic E-state index is 13.3. The van der Waals surface area contributed by atoms with Crippen molar-refractivity contribution in [2.75, 3.05) is 10.6 Å². The smallest absolute Gasteiger partial charge is 0.175 e. The summed E-state index contributed by atoms with van der Waals surface area (Å²) in [5.74, 6) is 0.476. The number of nitrogens with one attached hydrogen (secondary N) is 2. The van der Waals surface area contributed by atoms with Crippen LogP contribution in [-0.2, 0) is 0 Å². The van der Waals surface area contributed by atoms with Crippen molar-refractivity contribution in [2.45, 2.75) is 39.5 Å². The first-order chi connectivity index (χ1) is 10.9. The Morgan fingerprint density at radius 2 is 1.48 bits per heavy atom. The highest BCUT2D eigenvalue weighted by Gasteiger charge is 2.14. The van der Waals surface area contributed by atoms with Gasteiger partial charge in [0.25, 0.3) is 0 Å². The van der Waals surface area contributed by atoms with Crippen molar-refractivity contribution in [3.63, 3.8) is 0 Å². The molecular weight excluding hydrogens is 307 g/mol. The van der Waals surface area contributed by atoms with Crippen LogP contribution in [0.3, 0.4) is 0 Å². The molecule has 0 heterocycles. The van der Waals surface area contributed by atoms with Crippen molar-refractivity contribution in [3.8, 4) is 0 Å². The van der Waals surface area contributed by atoms with Gasteiger partial charge in [-0.1, -0.05) is 52.0 Å². The minimum absolute atomic E-state index is 0.289. The van der Waals surface area contributed by atoms with E-state index in [1.807, 2.05) is 0 Å². The van der Waals surface area contributed by atoms with E-state index in [1.165, 1.54) is 23.3 Å². The summed E-state index contributed by atoms with van der Waals surface area (Å²) in [4.78, 5) is 0. The van der Waals surface area contributed by atoms with Crippen LogP contribution in [0.5, 0.6) is 0 Å². The topological polar surface area (TPSA) is 24.1 Å². The molecule has 0 bridgehead atoms. The van der Waals surface area contributed by atoms with Gasteiger partial charge in [0, 0.05) is 11.4 Å². The first kappa shape index (κ1) is 17.4. The molecule has 2 rings (SSSR count). The Morgan fingerprint density at radius 1 is 0.913 bits per heavy atom. The van der Waals surface area contributed by atoms with E-state index in [0.29, 0.717) is 22.6 Å². The molecule has 0 atom stereocenters. The Morgan fingerprint density at radius 3 is 2.00 bits per heavy atom. The largest absolute Gasteiger partial charge is 0.332 e. The molecule has 2 aromatic carbocycles. The highest BCUT2D eigenvalue weighted by atomic mass is 32.1. The van der Waals surface area contributed by atoms with Gasteiger partial charge >= 0.3 is 0 Å². The number of thiocarbonyl (C=S) groups is 1. The number of anilines is 2. The van der Waals surface area contributed by atoms with Crippen LogP contribution in [-0.4, -0.2) is 5.11 Å². The van der Waals surface area contributed by atoms with Crippen molar-refractivity contribution in [2.24, 2.45) is 0 Å². The predicted octanol–water partition coefficient (Wildman–Crippen LogP) is 5.88. The molecule has 0 amide bonds. The summed E-state index contributed by atoms with van der Waals surface area (Å²) in [6, 6.07) is 12.6.